The van der Waals surface area contributed by atoms with Crippen molar-refractivity contribution >= 4 is 17.7 Å². The van der Waals surface area contributed by atoms with Gasteiger partial charge in [-0.05, 0) is 79.1 Å². The lowest BCUT2D eigenvalue weighted by molar-refractivity contribution is -0.133. The van der Waals surface area contributed by atoms with Gasteiger partial charge in [-0.3, -0.25) is 14.4 Å². The van der Waals surface area contributed by atoms with Crippen LogP contribution in [-0.4, -0.2) is 58.3 Å². The number of carbonyl (C=O) groups excluding carboxylic acids is 3. The van der Waals surface area contributed by atoms with Crippen molar-refractivity contribution in [3.8, 4) is 5.75 Å². The molecule has 0 aromatic heterocycles. The average Bonchev–Trinajstić information content (AvgIpc) is 3.39. The second-order valence-electron chi connectivity index (χ2n) is 11.2. The van der Waals surface area contributed by atoms with Gasteiger partial charge in [-0.1, -0.05) is 42.5 Å². The van der Waals surface area contributed by atoms with Gasteiger partial charge in [0.2, 0.25) is 11.8 Å². The van der Waals surface area contributed by atoms with E-state index in [-0.39, 0.29) is 48.3 Å². The van der Waals surface area contributed by atoms with E-state index in [1.165, 1.54) is 12.1 Å². The Labute approximate surface area is 240 Å². The molecular weight excluding hydrogens is 521 g/mol. The first kappa shape index (κ1) is 28.3. The van der Waals surface area contributed by atoms with E-state index in [0.29, 0.717) is 48.3 Å². The number of nitrogens with one attached hydrogen (secondary N) is 1. The van der Waals surface area contributed by atoms with Crippen LogP contribution < -0.4 is 5.32 Å². The summed E-state index contributed by atoms with van der Waals surface area (Å²) in [5.74, 6) is -0.434. The number of piperidine rings is 1. The molecule has 0 saturated carbocycles. The second-order valence-corrected chi connectivity index (χ2v) is 11.2. The number of amides is 3. The monoisotopic (exact) mass is 557 g/mol. The van der Waals surface area contributed by atoms with Gasteiger partial charge in [-0.15, -0.1) is 0 Å². The van der Waals surface area contributed by atoms with E-state index in [2.05, 4.69) is 5.32 Å². The number of nitrogens with zero attached hydrogens (tertiary/aromatic N) is 2. The SMILES string of the molecule is Cc1cc(C(=O)N2CC[C@@H]3[C@H](CCN3C(=O)CC(NC(=O)Cc3ccccc3)c3cccc(F)c3)C2)cc(C)c1O. The van der Waals surface area contributed by atoms with Crippen LogP contribution in [0.3, 0.4) is 0 Å². The maximum absolute atomic E-state index is 14.1. The van der Waals surface area contributed by atoms with Crippen molar-refractivity contribution in [2.24, 2.45) is 5.92 Å². The minimum Gasteiger partial charge on any atom is -0.507 e. The number of rotatable bonds is 7. The van der Waals surface area contributed by atoms with Crippen molar-refractivity contribution in [2.75, 3.05) is 19.6 Å². The Bertz CT molecular complexity index is 1420. The number of carbonyl (C=O) groups is 3. The first-order chi connectivity index (χ1) is 19.7. The maximum Gasteiger partial charge on any atom is 0.253 e. The molecule has 2 saturated heterocycles. The van der Waals surface area contributed by atoms with E-state index in [1.54, 1.807) is 38.1 Å². The summed E-state index contributed by atoms with van der Waals surface area (Å²) in [6, 6.07) is 18.2. The minimum absolute atomic E-state index is 0.0167. The Morgan fingerprint density at radius 3 is 2.41 bits per heavy atom. The lowest BCUT2D eigenvalue weighted by Crippen LogP contribution is -2.49. The summed E-state index contributed by atoms with van der Waals surface area (Å²) in [6.07, 6.45) is 1.66. The van der Waals surface area contributed by atoms with Gasteiger partial charge in [-0.25, -0.2) is 4.39 Å². The normalized spacial score (nSPS) is 19.0. The van der Waals surface area contributed by atoms with Gasteiger partial charge in [0.25, 0.3) is 5.91 Å². The molecule has 2 aliphatic heterocycles. The van der Waals surface area contributed by atoms with Crippen LogP contribution in [0.1, 0.15) is 57.9 Å². The third-order valence-corrected chi connectivity index (χ3v) is 8.35. The molecule has 3 atom stereocenters. The first-order valence-corrected chi connectivity index (χ1v) is 14.2. The van der Waals surface area contributed by atoms with Gasteiger partial charge in [0.1, 0.15) is 11.6 Å². The molecule has 2 aliphatic rings. The van der Waals surface area contributed by atoms with Crippen molar-refractivity contribution in [3.63, 3.8) is 0 Å². The molecule has 3 aromatic carbocycles. The Morgan fingerprint density at radius 1 is 0.976 bits per heavy atom. The van der Waals surface area contributed by atoms with Crippen LogP contribution in [0, 0.1) is 25.6 Å². The van der Waals surface area contributed by atoms with Crippen LogP contribution >= 0.6 is 0 Å². The molecule has 214 valence electrons. The zero-order valence-corrected chi connectivity index (χ0v) is 23.5. The van der Waals surface area contributed by atoms with Gasteiger partial charge in [0.15, 0.2) is 0 Å². The van der Waals surface area contributed by atoms with Crippen LogP contribution in [0.15, 0.2) is 66.7 Å². The van der Waals surface area contributed by atoms with E-state index >= 15 is 0 Å². The third kappa shape index (κ3) is 6.42. The number of halogens is 1. The van der Waals surface area contributed by atoms with Crippen LogP contribution in [-0.2, 0) is 16.0 Å². The molecule has 3 amide bonds. The summed E-state index contributed by atoms with van der Waals surface area (Å²) in [5.41, 5.74) is 3.31. The molecule has 41 heavy (non-hydrogen) atoms. The zero-order chi connectivity index (χ0) is 29.1. The number of phenolic OH excluding ortho intramolecular Hbond substituents is 1. The van der Waals surface area contributed by atoms with Gasteiger partial charge in [0.05, 0.1) is 18.9 Å². The first-order valence-electron chi connectivity index (χ1n) is 14.2. The Hall–Kier alpha value is -4.20. The molecule has 8 heteroatoms. The number of aryl methyl sites for hydroxylation is 2. The summed E-state index contributed by atoms with van der Waals surface area (Å²) >= 11 is 0. The van der Waals surface area contributed by atoms with Gasteiger partial charge < -0.3 is 20.2 Å². The topological polar surface area (TPSA) is 90.0 Å². The highest BCUT2D eigenvalue weighted by atomic mass is 19.1. The zero-order valence-electron chi connectivity index (χ0n) is 23.5. The van der Waals surface area contributed by atoms with Crippen LogP contribution in [0.2, 0.25) is 0 Å². The fraction of sp³-hybridized carbons (Fsp3) is 0.364. The number of likely N-dealkylation sites (tertiary alicyclic amines) is 2. The molecule has 1 unspecified atom stereocenters. The predicted octanol–water partition coefficient (Wildman–Crippen LogP) is 4.70. The Morgan fingerprint density at radius 2 is 1.71 bits per heavy atom. The number of fused-ring (bicyclic) bond motifs is 1. The minimum atomic E-state index is -0.656. The number of benzene rings is 3. The highest BCUT2D eigenvalue weighted by Crippen LogP contribution is 2.34. The standard InChI is InChI=1S/C33H36FN3O4/c1-21-15-26(16-22(2)32(21)40)33(41)36-13-12-29-25(20-36)11-14-37(29)31(39)19-28(24-9-6-10-27(34)18-24)35-30(38)17-23-7-4-3-5-8-23/h3-10,15-16,18,25,28-29,40H,11-14,17,19-20H2,1-2H3,(H,35,38)/t25-,28?,29-/m1/s1. The molecule has 0 radical (unpaired) electrons. The summed E-state index contributed by atoms with van der Waals surface area (Å²) in [6.45, 7) is 5.25. The largest absolute Gasteiger partial charge is 0.507 e. The lowest BCUT2D eigenvalue weighted by atomic mass is 9.91. The molecule has 0 spiro atoms. The van der Waals surface area contributed by atoms with E-state index in [1.807, 2.05) is 40.1 Å². The number of aromatic hydroxyl groups is 1. The van der Waals surface area contributed by atoms with Crippen LogP contribution in [0.4, 0.5) is 4.39 Å². The highest BCUT2D eigenvalue weighted by molar-refractivity contribution is 5.95. The fourth-order valence-corrected chi connectivity index (χ4v) is 6.23. The molecule has 5 rings (SSSR count). The van der Waals surface area contributed by atoms with Crippen molar-refractivity contribution in [2.45, 2.75) is 51.6 Å². The second kappa shape index (κ2) is 12.1. The maximum atomic E-state index is 14.1. The van der Waals surface area contributed by atoms with E-state index in [4.69, 9.17) is 0 Å². The number of phenols is 1. The fourth-order valence-electron chi connectivity index (χ4n) is 6.23. The highest BCUT2D eigenvalue weighted by Gasteiger charge is 2.42. The van der Waals surface area contributed by atoms with E-state index < -0.39 is 11.9 Å². The number of hydrogen-bond donors (Lipinski definition) is 2. The molecule has 2 N–H and O–H groups in total. The molecular formula is C33H36FN3O4. The number of hydrogen-bond acceptors (Lipinski definition) is 4. The van der Waals surface area contributed by atoms with Gasteiger partial charge in [-0.2, -0.15) is 0 Å². The average molecular weight is 558 g/mol. The molecule has 2 fully saturated rings. The molecule has 3 aromatic rings. The van der Waals surface area contributed by atoms with Gasteiger partial charge >= 0.3 is 0 Å². The van der Waals surface area contributed by atoms with Crippen LogP contribution in [0.25, 0.3) is 0 Å². The Balaban J connectivity index is 1.25. The van der Waals surface area contributed by atoms with Gasteiger partial charge in [0, 0.05) is 31.2 Å². The van der Waals surface area contributed by atoms with Crippen molar-refractivity contribution in [1.29, 1.82) is 0 Å². The van der Waals surface area contributed by atoms with Crippen molar-refractivity contribution < 1.29 is 23.9 Å². The van der Waals surface area contributed by atoms with E-state index in [0.717, 1.165) is 12.0 Å². The lowest BCUT2D eigenvalue weighted by Gasteiger charge is -2.38. The van der Waals surface area contributed by atoms with E-state index in [9.17, 15) is 23.9 Å². The summed E-state index contributed by atoms with van der Waals surface area (Å²) in [5, 5.41) is 13.1. The third-order valence-electron chi connectivity index (χ3n) is 8.35. The summed E-state index contributed by atoms with van der Waals surface area (Å²) in [4.78, 5) is 43.5. The molecule has 2 heterocycles. The van der Waals surface area contributed by atoms with Crippen molar-refractivity contribution in [3.05, 3.63) is 100 Å². The molecule has 7 nitrogen and oxygen atoms in total. The van der Waals surface area contributed by atoms with Crippen molar-refractivity contribution in [1.82, 2.24) is 15.1 Å². The quantitative estimate of drug-likeness (QED) is 0.441. The summed E-state index contributed by atoms with van der Waals surface area (Å²) < 4.78 is 14.1. The summed E-state index contributed by atoms with van der Waals surface area (Å²) in [7, 11) is 0. The van der Waals surface area contributed by atoms with Crippen LogP contribution in [0.5, 0.6) is 5.75 Å². The smallest absolute Gasteiger partial charge is 0.253 e. The molecule has 0 aliphatic carbocycles. The predicted molar refractivity (Wildman–Crippen MR) is 154 cm³/mol. The molecule has 0 bridgehead atoms. The Kier molecular flexibility index (Phi) is 8.38.